The molecule has 102 valence electrons. The van der Waals surface area contributed by atoms with Gasteiger partial charge in [-0.25, -0.2) is 0 Å². The predicted molar refractivity (Wildman–Crippen MR) is 70.1 cm³/mol. The first-order valence-electron chi connectivity index (χ1n) is 6.52. The van der Waals surface area contributed by atoms with Crippen LogP contribution in [0.3, 0.4) is 0 Å². The van der Waals surface area contributed by atoms with Crippen LogP contribution in [-0.2, 0) is 9.59 Å². The van der Waals surface area contributed by atoms with Gasteiger partial charge < -0.3 is 10.0 Å². The third-order valence-electron chi connectivity index (χ3n) is 3.66. The lowest BCUT2D eigenvalue weighted by atomic mass is 9.94. The predicted octanol–water partition coefficient (Wildman–Crippen LogP) is 2.16. The molecule has 3 atom stereocenters. The number of amides is 1. The zero-order chi connectivity index (χ0) is 13.9. The number of carbonyl (C=O) groups is 2. The van der Waals surface area contributed by atoms with Crippen molar-refractivity contribution in [1.29, 1.82) is 0 Å². The lowest BCUT2D eigenvalue weighted by Crippen LogP contribution is -2.43. The van der Waals surface area contributed by atoms with Gasteiger partial charge in [0.25, 0.3) is 0 Å². The van der Waals surface area contributed by atoms with E-state index in [2.05, 4.69) is 6.58 Å². The van der Waals surface area contributed by atoms with E-state index >= 15 is 0 Å². The zero-order valence-corrected chi connectivity index (χ0v) is 11.4. The number of hydrogen-bond acceptors (Lipinski definition) is 2. The maximum absolute atomic E-state index is 12.5. The van der Waals surface area contributed by atoms with Crippen LogP contribution < -0.4 is 0 Å². The number of carboxylic acid groups (broad SMARTS) is 1. The van der Waals surface area contributed by atoms with Gasteiger partial charge in [-0.1, -0.05) is 13.0 Å². The van der Waals surface area contributed by atoms with Crippen molar-refractivity contribution < 1.29 is 14.7 Å². The van der Waals surface area contributed by atoms with Crippen molar-refractivity contribution in [2.75, 3.05) is 6.54 Å². The SMILES string of the molecule is C=CCN(C(=O)C1CC(C)CC1C(=O)O)C(C)C. The molecule has 1 rings (SSSR count). The Morgan fingerprint density at radius 1 is 1.39 bits per heavy atom. The van der Waals surface area contributed by atoms with Gasteiger partial charge in [-0.05, 0) is 32.6 Å². The first-order chi connectivity index (χ1) is 8.38. The highest BCUT2D eigenvalue weighted by Gasteiger charge is 2.42. The van der Waals surface area contributed by atoms with Crippen LogP contribution in [0.25, 0.3) is 0 Å². The Labute approximate surface area is 109 Å². The van der Waals surface area contributed by atoms with Gasteiger partial charge in [0.15, 0.2) is 0 Å². The zero-order valence-electron chi connectivity index (χ0n) is 11.4. The fourth-order valence-electron chi connectivity index (χ4n) is 2.74. The molecule has 1 amide bonds. The van der Waals surface area contributed by atoms with E-state index in [1.54, 1.807) is 11.0 Å². The molecule has 1 N–H and O–H groups in total. The van der Waals surface area contributed by atoms with E-state index in [0.717, 1.165) is 0 Å². The number of carbonyl (C=O) groups excluding carboxylic acids is 1. The molecule has 18 heavy (non-hydrogen) atoms. The van der Waals surface area contributed by atoms with Gasteiger partial charge in [0.05, 0.1) is 11.8 Å². The molecule has 1 aliphatic rings. The van der Waals surface area contributed by atoms with Gasteiger partial charge in [-0.2, -0.15) is 0 Å². The maximum Gasteiger partial charge on any atom is 0.307 e. The Morgan fingerprint density at radius 2 is 1.94 bits per heavy atom. The molecule has 3 unspecified atom stereocenters. The molecule has 0 aliphatic heterocycles. The summed E-state index contributed by atoms with van der Waals surface area (Å²) in [6, 6.07) is 0.0702. The summed E-state index contributed by atoms with van der Waals surface area (Å²) in [7, 11) is 0. The van der Waals surface area contributed by atoms with Crippen molar-refractivity contribution in [1.82, 2.24) is 4.90 Å². The van der Waals surface area contributed by atoms with E-state index in [-0.39, 0.29) is 17.9 Å². The molecule has 4 heteroatoms. The minimum atomic E-state index is -0.847. The fraction of sp³-hybridized carbons (Fsp3) is 0.714. The number of rotatable bonds is 5. The average Bonchev–Trinajstić information content (AvgIpc) is 2.67. The molecule has 1 aliphatic carbocycles. The van der Waals surface area contributed by atoms with Gasteiger partial charge in [0.2, 0.25) is 5.91 Å². The summed E-state index contributed by atoms with van der Waals surface area (Å²) in [6.07, 6.45) is 2.97. The summed E-state index contributed by atoms with van der Waals surface area (Å²) in [5, 5.41) is 9.21. The Morgan fingerprint density at radius 3 is 2.39 bits per heavy atom. The van der Waals surface area contributed by atoms with Crippen LogP contribution in [0.2, 0.25) is 0 Å². The summed E-state index contributed by atoms with van der Waals surface area (Å²) in [6.45, 7) is 10.0. The second kappa shape index (κ2) is 6.03. The maximum atomic E-state index is 12.5. The highest BCUT2D eigenvalue weighted by atomic mass is 16.4. The minimum Gasteiger partial charge on any atom is -0.481 e. The second-order valence-corrected chi connectivity index (χ2v) is 5.50. The molecular weight excluding hydrogens is 230 g/mol. The van der Waals surface area contributed by atoms with Crippen LogP contribution in [0.15, 0.2) is 12.7 Å². The molecular formula is C14H23NO3. The molecule has 1 fully saturated rings. The fourth-order valence-corrected chi connectivity index (χ4v) is 2.74. The van der Waals surface area contributed by atoms with E-state index in [1.165, 1.54) is 0 Å². The van der Waals surface area contributed by atoms with Crippen molar-refractivity contribution >= 4 is 11.9 Å². The molecule has 0 saturated heterocycles. The van der Waals surface area contributed by atoms with Crippen LogP contribution in [0.4, 0.5) is 0 Å². The normalized spacial score (nSPS) is 27.2. The number of aliphatic carboxylic acids is 1. The number of hydrogen-bond donors (Lipinski definition) is 1. The lowest BCUT2D eigenvalue weighted by Gasteiger charge is -2.29. The van der Waals surface area contributed by atoms with E-state index in [0.29, 0.717) is 25.3 Å². The summed E-state index contributed by atoms with van der Waals surface area (Å²) in [4.78, 5) is 25.4. The molecule has 4 nitrogen and oxygen atoms in total. The van der Waals surface area contributed by atoms with Crippen molar-refractivity contribution in [3.05, 3.63) is 12.7 Å². The van der Waals surface area contributed by atoms with Crippen LogP contribution in [-0.4, -0.2) is 34.5 Å². The van der Waals surface area contributed by atoms with E-state index in [4.69, 9.17) is 0 Å². The highest BCUT2D eigenvalue weighted by molar-refractivity contribution is 5.85. The Kier molecular flexibility index (Phi) is 4.93. The lowest BCUT2D eigenvalue weighted by molar-refractivity contribution is -0.149. The first kappa shape index (κ1) is 14.7. The van der Waals surface area contributed by atoms with Crippen LogP contribution in [0, 0.1) is 17.8 Å². The van der Waals surface area contributed by atoms with Gasteiger partial charge >= 0.3 is 5.97 Å². The molecule has 0 spiro atoms. The smallest absolute Gasteiger partial charge is 0.307 e. The third kappa shape index (κ3) is 3.12. The van der Waals surface area contributed by atoms with Gasteiger partial charge in [-0.3, -0.25) is 9.59 Å². The van der Waals surface area contributed by atoms with Crippen molar-refractivity contribution in [2.45, 2.75) is 39.7 Å². The van der Waals surface area contributed by atoms with Crippen molar-refractivity contribution in [3.8, 4) is 0 Å². The molecule has 1 saturated carbocycles. The second-order valence-electron chi connectivity index (χ2n) is 5.50. The Bertz CT molecular complexity index is 338. The van der Waals surface area contributed by atoms with E-state index < -0.39 is 11.9 Å². The minimum absolute atomic E-state index is 0.0401. The Hall–Kier alpha value is -1.32. The average molecular weight is 253 g/mol. The first-order valence-corrected chi connectivity index (χ1v) is 6.52. The van der Waals surface area contributed by atoms with Crippen LogP contribution in [0.1, 0.15) is 33.6 Å². The van der Waals surface area contributed by atoms with Crippen molar-refractivity contribution in [3.63, 3.8) is 0 Å². The van der Waals surface area contributed by atoms with Crippen LogP contribution >= 0.6 is 0 Å². The highest BCUT2D eigenvalue weighted by Crippen LogP contribution is 2.37. The summed E-state index contributed by atoms with van der Waals surface area (Å²) >= 11 is 0. The number of nitrogens with zero attached hydrogens (tertiary/aromatic N) is 1. The molecule has 0 heterocycles. The Balaban J connectivity index is 2.86. The topological polar surface area (TPSA) is 57.6 Å². The standard InChI is InChI=1S/C14H23NO3/c1-5-6-15(9(2)3)13(16)11-7-10(4)8-12(11)14(17)18/h5,9-12H,1,6-8H2,2-4H3,(H,17,18). The molecule has 0 aromatic heterocycles. The molecule has 0 aromatic carbocycles. The summed E-state index contributed by atoms with van der Waals surface area (Å²) in [5.74, 6) is -1.49. The third-order valence-corrected chi connectivity index (χ3v) is 3.66. The van der Waals surface area contributed by atoms with Gasteiger partial charge in [0, 0.05) is 12.6 Å². The van der Waals surface area contributed by atoms with Crippen molar-refractivity contribution in [2.24, 2.45) is 17.8 Å². The monoisotopic (exact) mass is 253 g/mol. The largest absolute Gasteiger partial charge is 0.481 e. The summed E-state index contributed by atoms with van der Waals surface area (Å²) < 4.78 is 0. The van der Waals surface area contributed by atoms with E-state index in [1.807, 2.05) is 20.8 Å². The number of carboxylic acids is 1. The van der Waals surface area contributed by atoms with Gasteiger partial charge in [-0.15, -0.1) is 6.58 Å². The molecule has 0 aromatic rings. The molecule has 0 radical (unpaired) electrons. The van der Waals surface area contributed by atoms with E-state index in [9.17, 15) is 14.7 Å². The summed E-state index contributed by atoms with van der Waals surface area (Å²) in [5.41, 5.74) is 0. The quantitative estimate of drug-likeness (QED) is 0.764. The van der Waals surface area contributed by atoms with Gasteiger partial charge in [0.1, 0.15) is 0 Å². The molecule has 0 bridgehead atoms. The van der Waals surface area contributed by atoms with Crippen LogP contribution in [0.5, 0.6) is 0 Å².